The second-order valence-corrected chi connectivity index (χ2v) is 3.71. The van der Waals surface area contributed by atoms with Crippen LogP contribution in [0.15, 0.2) is 18.2 Å². The van der Waals surface area contributed by atoms with Gasteiger partial charge in [-0.15, -0.1) is 0 Å². The van der Waals surface area contributed by atoms with Crippen molar-refractivity contribution in [2.75, 3.05) is 6.61 Å². The van der Waals surface area contributed by atoms with Gasteiger partial charge in [0.1, 0.15) is 5.82 Å². The Hall–Kier alpha value is -1.17. The molecule has 3 N–H and O–H groups in total. The van der Waals surface area contributed by atoms with Crippen LogP contribution in [0.4, 0.5) is 4.39 Å². The molecule has 4 nitrogen and oxygen atoms in total. The molecule has 1 amide bonds. The number of benzene rings is 1. The van der Waals surface area contributed by atoms with E-state index in [0.717, 1.165) is 0 Å². The molecular weight excluding hydrogens is 235 g/mol. The summed E-state index contributed by atoms with van der Waals surface area (Å²) in [5, 5.41) is 2.58. The molecule has 0 aliphatic rings. The molecule has 1 atom stereocenters. The zero-order chi connectivity index (χ0) is 12.1. The summed E-state index contributed by atoms with van der Waals surface area (Å²) < 4.78 is 13.3. The van der Waals surface area contributed by atoms with E-state index in [1.54, 1.807) is 6.92 Å². The highest BCUT2D eigenvalue weighted by molar-refractivity contribution is 6.33. The lowest BCUT2D eigenvalue weighted by Crippen LogP contribution is -2.37. The maximum absolute atomic E-state index is 13.3. The van der Waals surface area contributed by atoms with Crippen molar-refractivity contribution in [2.45, 2.75) is 13.0 Å². The van der Waals surface area contributed by atoms with Crippen molar-refractivity contribution < 1.29 is 14.0 Å². The number of nitrogens with two attached hydrogens (primary N) is 1. The van der Waals surface area contributed by atoms with Crippen LogP contribution in [0.5, 0.6) is 0 Å². The van der Waals surface area contributed by atoms with Crippen LogP contribution in [0.3, 0.4) is 0 Å². The molecule has 0 saturated heterocycles. The first-order valence-corrected chi connectivity index (χ1v) is 5.00. The Balaban J connectivity index is 2.80. The van der Waals surface area contributed by atoms with E-state index >= 15 is 0 Å². The second kappa shape index (κ2) is 5.79. The van der Waals surface area contributed by atoms with E-state index in [2.05, 4.69) is 10.2 Å². The lowest BCUT2D eigenvalue weighted by Gasteiger charge is -2.13. The van der Waals surface area contributed by atoms with Crippen LogP contribution >= 0.6 is 11.6 Å². The summed E-state index contributed by atoms with van der Waals surface area (Å²) in [5.74, 6) is 3.60. The third-order valence-corrected chi connectivity index (χ3v) is 2.23. The van der Waals surface area contributed by atoms with Gasteiger partial charge in [0.15, 0.2) is 0 Å². The number of nitrogens with one attached hydrogen (secondary N) is 1. The topological polar surface area (TPSA) is 64.3 Å². The highest BCUT2D eigenvalue weighted by atomic mass is 35.5. The van der Waals surface area contributed by atoms with Gasteiger partial charge in [0, 0.05) is 0 Å². The molecule has 0 fully saturated rings. The lowest BCUT2D eigenvalue weighted by atomic mass is 10.2. The van der Waals surface area contributed by atoms with E-state index in [1.807, 2.05) is 0 Å². The molecule has 6 heteroatoms. The van der Waals surface area contributed by atoms with Gasteiger partial charge in [-0.2, -0.15) is 0 Å². The Morgan fingerprint density at radius 2 is 2.38 bits per heavy atom. The molecule has 0 bridgehead atoms. The molecule has 0 heterocycles. The predicted molar refractivity (Wildman–Crippen MR) is 58.5 cm³/mol. The zero-order valence-electron chi connectivity index (χ0n) is 8.67. The number of carbonyl (C=O) groups excluding carboxylic acids is 1. The number of carbonyl (C=O) groups is 1. The molecule has 1 aromatic carbocycles. The van der Waals surface area contributed by atoms with Crippen LogP contribution in [0, 0.1) is 5.82 Å². The van der Waals surface area contributed by atoms with Crippen LogP contribution < -0.4 is 11.2 Å². The van der Waals surface area contributed by atoms with Crippen molar-refractivity contribution >= 4 is 17.5 Å². The van der Waals surface area contributed by atoms with Crippen LogP contribution in [-0.2, 0) is 4.84 Å². The zero-order valence-corrected chi connectivity index (χ0v) is 9.42. The standard InChI is InChI=1S/C10H12ClFN2O2/c1-6(5-16-13)14-10(15)9-7(11)3-2-4-8(9)12/h2-4,6H,5,13H2,1H3,(H,14,15). The van der Waals surface area contributed by atoms with Crippen molar-refractivity contribution in [1.29, 1.82) is 0 Å². The van der Waals surface area contributed by atoms with Crippen molar-refractivity contribution in [2.24, 2.45) is 5.90 Å². The van der Waals surface area contributed by atoms with Crippen LogP contribution in [0.1, 0.15) is 17.3 Å². The Morgan fingerprint density at radius 1 is 1.69 bits per heavy atom. The molecule has 0 radical (unpaired) electrons. The van der Waals surface area contributed by atoms with Gasteiger partial charge in [0.2, 0.25) is 0 Å². The second-order valence-electron chi connectivity index (χ2n) is 3.30. The minimum Gasteiger partial charge on any atom is -0.347 e. The Morgan fingerprint density at radius 3 is 2.94 bits per heavy atom. The van der Waals surface area contributed by atoms with E-state index in [-0.39, 0.29) is 23.2 Å². The monoisotopic (exact) mass is 246 g/mol. The van der Waals surface area contributed by atoms with Crippen molar-refractivity contribution in [3.8, 4) is 0 Å². The fraction of sp³-hybridized carbons (Fsp3) is 0.300. The Labute approximate surface area is 97.5 Å². The van der Waals surface area contributed by atoms with Crippen molar-refractivity contribution in [3.05, 3.63) is 34.6 Å². The molecule has 0 aliphatic heterocycles. The van der Waals surface area contributed by atoms with E-state index < -0.39 is 11.7 Å². The molecule has 88 valence electrons. The number of halogens is 2. The first kappa shape index (κ1) is 12.9. The summed E-state index contributed by atoms with van der Waals surface area (Å²) >= 11 is 5.73. The van der Waals surface area contributed by atoms with Gasteiger partial charge >= 0.3 is 0 Å². The summed E-state index contributed by atoms with van der Waals surface area (Å²) in [6, 6.07) is 3.73. The van der Waals surface area contributed by atoms with E-state index in [0.29, 0.717) is 0 Å². The third-order valence-electron chi connectivity index (χ3n) is 1.91. The Bertz CT molecular complexity index is 367. The summed E-state index contributed by atoms with van der Waals surface area (Å²) in [6.07, 6.45) is 0. The SMILES string of the molecule is CC(CON)NC(=O)c1c(F)cccc1Cl. The quantitative estimate of drug-likeness (QED) is 0.791. The van der Waals surface area contributed by atoms with Gasteiger partial charge in [0.05, 0.1) is 23.2 Å². The number of hydrogen-bond acceptors (Lipinski definition) is 3. The van der Waals surface area contributed by atoms with E-state index in [9.17, 15) is 9.18 Å². The Kier molecular flexibility index (Phi) is 4.67. The minimum atomic E-state index is -0.661. The normalized spacial score (nSPS) is 12.2. The average molecular weight is 247 g/mol. The van der Waals surface area contributed by atoms with Gasteiger partial charge in [-0.3, -0.25) is 4.79 Å². The summed E-state index contributed by atoms with van der Waals surface area (Å²) in [4.78, 5) is 16.0. The molecule has 0 spiro atoms. The molecule has 1 rings (SSSR count). The van der Waals surface area contributed by atoms with Crippen LogP contribution in [-0.4, -0.2) is 18.6 Å². The molecule has 1 unspecified atom stereocenters. The fourth-order valence-electron chi connectivity index (χ4n) is 1.20. The molecule has 0 aliphatic carbocycles. The third kappa shape index (κ3) is 3.16. The van der Waals surface area contributed by atoms with Gasteiger partial charge in [-0.1, -0.05) is 17.7 Å². The fourth-order valence-corrected chi connectivity index (χ4v) is 1.45. The highest BCUT2D eigenvalue weighted by Crippen LogP contribution is 2.18. The molecular formula is C10H12ClFN2O2. The highest BCUT2D eigenvalue weighted by Gasteiger charge is 2.17. The van der Waals surface area contributed by atoms with E-state index in [4.69, 9.17) is 17.5 Å². The van der Waals surface area contributed by atoms with Gasteiger partial charge in [-0.25, -0.2) is 10.3 Å². The number of amides is 1. The molecule has 16 heavy (non-hydrogen) atoms. The minimum absolute atomic E-state index is 0.0679. The number of hydrogen-bond donors (Lipinski definition) is 2. The smallest absolute Gasteiger partial charge is 0.256 e. The average Bonchev–Trinajstić information content (AvgIpc) is 2.17. The largest absolute Gasteiger partial charge is 0.347 e. The maximum atomic E-state index is 13.3. The summed E-state index contributed by atoms with van der Waals surface area (Å²) in [6.45, 7) is 1.82. The predicted octanol–water partition coefficient (Wildman–Crippen LogP) is 1.49. The van der Waals surface area contributed by atoms with Gasteiger partial charge in [-0.05, 0) is 19.1 Å². The first-order chi connectivity index (χ1) is 7.56. The summed E-state index contributed by atoms with van der Waals surface area (Å²) in [5.41, 5.74) is -0.173. The van der Waals surface area contributed by atoms with Crippen molar-refractivity contribution in [1.82, 2.24) is 5.32 Å². The lowest BCUT2D eigenvalue weighted by molar-refractivity contribution is 0.0854. The molecule has 0 saturated carbocycles. The first-order valence-electron chi connectivity index (χ1n) is 4.62. The summed E-state index contributed by atoms with van der Waals surface area (Å²) in [7, 11) is 0. The number of rotatable bonds is 4. The maximum Gasteiger partial charge on any atom is 0.256 e. The molecule has 1 aromatic rings. The molecule has 0 aromatic heterocycles. The van der Waals surface area contributed by atoms with Crippen molar-refractivity contribution in [3.63, 3.8) is 0 Å². The van der Waals surface area contributed by atoms with Gasteiger partial charge in [0.25, 0.3) is 5.91 Å². The van der Waals surface area contributed by atoms with Crippen LogP contribution in [0.25, 0.3) is 0 Å². The van der Waals surface area contributed by atoms with Gasteiger partial charge < -0.3 is 10.2 Å². The van der Waals surface area contributed by atoms with Crippen LogP contribution in [0.2, 0.25) is 5.02 Å². The van der Waals surface area contributed by atoms with E-state index in [1.165, 1.54) is 18.2 Å².